The van der Waals surface area contributed by atoms with Crippen molar-refractivity contribution in [1.29, 1.82) is 0 Å². The largest absolute Gasteiger partial charge is 0.456 e. The number of aliphatic hydroxyl groups is 1. The van der Waals surface area contributed by atoms with E-state index in [0.29, 0.717) is 12.2 Å². The van der Waals surface area contributed by atoms with Crippen molar-refractivity contribution in [3.05, 3.63) is 58.5 Å². The lowest BCUT2D eigenvalue weighted by molar-refractivity contribution is 0.0186. The van der Waals surface area contributed by atoms with Crippen LogP contribution in [0.1, 0.15) is 45.8 Å². The predicted molar refractivity (Wildman–Crippen MR) is 83.8 cm³/mol. The maximum absolute atomic E-state index is 12.2. The molecule has 0 radical (unpaired) electrons. The van der Waals surface area contributed by atoms with Crippen LogP contribution in [0.15, 0.2) is 34.7 Å². The van der Waals surface area contributed by atoms with E-state index in [0.717, 1.165) is 35.3 Å². The molecule has 0 spiro atoms. The zero-order valence-electron chi connectivity index (χ0n) is 13.0. The molecule has 1 heterocycles. The molecule has 2 aromatic rings. The Morgan fingerprint density at radius 3 is 2.86 bits per heavy atom. The minimum atomic E-state index is -0.999. The topological polar surface area (TPSA) is 62.5 Å². The summed E-state index contributed by atoms with van der Waals surface area (Å²) < 4.78 is 5.42. The van der Waals surface area contributed by atoms with Gasteiger partial charge in [0.1, 0.15) is 11.4 Å². The third kappa shape index (κ3) is 2.66. The standard InChI is InChI=1S/C18H21NO3/c1-12-10-16(22-13(12)2)17(20)19-11-18(21)9-5-7-14-6-3-4-8-15(14)18/h3-4,6,8,10,21H,5,7,9,11H2,1-2H3,(H,19,20). The van der Waals surface area contributed by atoms with Gasteiger partial charge < -0.3 is 14.8 Å². The summed E-state index contributed by atoms with van der Waals surface area (Å²) in [7, 11) is 0. The minimum absolute atomic E-state index is 0.196. The van der Waals surface area contributed by atoms with Gasteiger partial charge in [0.2, 0.25) is 0 Å². The Labute approximate surface area is 130 Å². The van der Waals surface area contributed by atoms with Gasteiger partial charge in [-0.3, -0.25) is 4.79 Å². The molecule has 0 aliphatic heterocycles. The van der Waals surface area contributed by atoms with E-state index in [1.165, 1.54) is 0 Å². The van der Waals surface area contributed by atoms with Gasteiger partial charge in [-0.05, 0) is 55.9 Å². The summed E-state index contributed by atoms with van der Waals surface area (Å²) in [5.74, 6) is 0.752. The van der Waals surface area contributed by atoms with E-state index in [1.54, 1.807) is 6.07 Å². The number of aryl methyl sites for hydroxylation is 3. The highest BCUT2D eigenvalue weighted by atomic mass is 16.4. The molecule has 4 nitrogen and oxygen atoms in total. The Kier molecular flexibility index (Phi) is 3.79. The number of benzene rings is 1. The van der Waals surface area contributed by atoms with Gasteiger partial charge in [0.05, 0.1) is 6.54 Å². The van der Waals surface area contributed by atoms with Gasteiger partial charge in [0, 0.05) is 0 Å². The lowest BCUT2D eigenvalue weighted by atomic mass is 9.79. The molecule has 1 aromatic carbocycles. The maximum atomic E-state index is 12.2. The molecular weight excluding hydrogens is 278 g/mol. The molecule has 0 saturated heterocycles. The van der Waals surface area contributed by atoms with Gasteiger partial charge in [0.25, 0.3) is 5.91 Å². The fraction of sp³-hybridized carbons (Fsp3) is 0.389. The molecule has 1 amide bonds. The number of rotatable bonds is 3. The Morgan fingerprint density at radius 1 is 1.36 bits per heavy atom. The Hall–Kier alpha value is -2.07. The summed E-state index contributed by atoms with van der Waals surface area (Å²) in [6.07, 6.45) is 2.55. The third-order valence-corrected chi connectivity index (χ3v) is 4.49. The highest BCUT2D eigenvalue weighted by Gasteiger charge is 2.34. The van der Waals surface area contributed by atoms with Crippen molar-refractivity contribution < 1.29 is 14.3 Å². The number of hydrogen-bond donors (Lipinski definition) is 2. The number of carbonyl (C=O) groups is 1. The maximum Gasteiger partial charge on any atom is 0.287 e. The smallest absolute Gasteiger partial charge is 0.287 e. The molecule has 3 rings (SSSR count). The molecule has 1 unspecified atom stereocenters. The SMILES string of the molecule is Cc1cc(C(=O)NCC2(O)CCCc3ccccc32)oc1C. The highest BCUT2D eigenvalue weighted by Crippen LogP contribution is 2.34. The normalized spacial score (nSPS) is 20.5. The predicted octanol–water partition coefficient (Wildman–Crippen LogP) is 2.85. The van der Waals surface area contributed by atoms with Crippen molar-refractivity contribution in [3.8, 4) is 0 Å². The summed E-state index contributed by atoms with van der Waals surface area (Å²) in [6, 6.07) is 9.62. The average Bonchev–Trinajstić information content (AvgIpc) is 2.85. The van der Waals surface area contributed by atoms with E-state index in [-0.39, 0.29) is 12.5 Å². The molecule has 4 heteroatoms. The van der Waals surface area contributed by atoms with E-state index in [9.17, 15) is 9.90 Å². The fourth-order valence-corrected chi connectivity index (χ4v) is 3.08. The van der Waals surface area contributed by atoms with Gasteiger partial charge in [0.15, 0.2) is 5.76 Å². The quantitative estimate of drug-likeness (QED) is 0.916. The lowest BCUT2D eigenvalue weighted by Crippen LogP contribution is -2.42. The minimum Gasteiger partial charge on any atom is -0.456 e. The number of carbonyl (C=O) groups excluding carboxylic acids is 1. The molecule has 1 aromatic heterocycles. The number of hydrogen-bond acceptors (Lipinski definition) is 3. The van der Waals surface area contributed by atoms with Crippen molar-refractivity contribution >= 4 is 5.91 Å². The van der Waals surface area contributed by atoms with E-state index in [1.807, 2.05) is 38.1 Å². The van der Waals surface area contributed by atoms with Crippen molar-refractivity contribution in [3.63, 3.8) is 0 Å². The van der Waals surface area contributed by atoms with Crippen molar-refractivity contribution in [1.82, 2.24) is 5.32 Å². The van der Waals surface area contributed by atoms with E-state index >= 15 is 0 Å². The van der Waals surface area contributed by atoms with Gasteiger partial charge in [-0.2, -0.15) is 0 Å². The Balaban J connectivity index is 1.75. The van der Waals surface area contributed by atoms with Crippen LogP contribution in [0.5, 0.6) is 0 Å². The van der Waals surface area contributed by atoms with Crippen LogP contribution in [-0.2, 0) is 12.0 Å². The second-order valence-corrected chi connectivity index (χ2v) is 6.07. The Morgan fingerprint density at radius 2 is 2.14 bits per heavy atom. The highest BCUT2D eigenvalue weighted by molar-refractivity contribution is 5.91. The van der Waals surface area contributed by atoms with Crippen LogP contribution in [0.3, 0.4) is 0 Å². The van der Waals surface area contributed by atoms with E-state index < -0.39 is 5.60 Å². The van der Waals surface area contributed by atoms with Gasteiger partial charge in [-0.15, -0.1) is 0 Å². The zero-order chi connectivity index (χ0) is 15.7. The number of fused-ring (bicyclic) bond motifs is 1. The average molecular weight is 299 g/mol. The van der Waals surface area contributed by atoms with Gasteiger partial charge in [-0.1, -0.05) is 24.3 Å². The summed E-state index contributed by atoms with van der Waals surface area (Å²) >= 11 is 0. The first-order chi connectivity index (χ1) is 10.5. The number of furan rings is 1. The molecule has 1 atom stereocenters. The van der Waals surface area contributed by atoms with Crippen LogP contribution >= 0.6 is 0 Å². The lowest BCUT2D eigenvalue weighted by Gasteiger charge is -2.34. The molecule has 116 valence electrons. The second-order valence-electron chi connectivity index (χ2n) is 6.07. The zero-order valence-corrected chi connectivity index (χ0v) is 13.0. The first kappa shape index (κ1) is 14.9. The Bertz CT molecular complexity index is 685. The number of nitrogens with one attached hydrogen (secondary N) is 1. The summed E-state index contributed by atoms with van der Waals surface area (Å²) in [5.41, 5.74) is 2.04. The molecule has 1 aliphatic rings. The molecule has 0 fully saturated rings. The molecule has 22 heavy (non-hydrogen) atoms. The second kappa shape index (κ2) is 5.61. The third-order valence-electron chi connectivity index (χ3n) is 4.49. The summed E-state index contributed by atoms with van der Waals surface area (Å²) in [4.78, 5) is 12.2. The van der Waals surface area contributed by atoms with Crippen LogP contribution in [-0.4, -0.2) is 17.6 Å². The van der Waals surface area contributed by atoms with Crippen LogP contribution in [0.25, 0.3) is 0 Å². The van der Waals surface area contributed by atoms with Crippen molar-refractivity contribution in [2.75, 3.05) is 6.54 Å². The van der Waals surface area contributed by atoms with Crippen molar-refractivity contribution in [2.24, 2.45) is 0 Å². The molecule has 1 aliphatic carbocycles. The fourth-order valence-electron chi connectivity index (χ4n) is 3.08. The summed E-state index contributed by atoms with van der Waals surface area (Å²) in [6.45, 7) is 3.93. The molecule has 2 N–H and O–H groups in total. The first-order valence-electron chi connectivity index (χ1n) is 7.65. The van der Waals surface area contributed by atoms with Crippen molar-refractivity contribution in [2.45, 2.75) is 38.7 Å². The van der Waals surface area contributed by atoms with Crippen LogP contribution in [0.2, 0.25) is 0 Å². The monoisotopic (exact) mass is 299 g/mol. The van der Waals surface area contributed by atoms with Crippen LogP contribution in [0.4, 0.5) is 0 Å². The molecule has 0 bridgehead atoms. The van der Waals surface area contributed by atoms with Gasteiger partial charge in [-0.25, -0.2) is 0 Å². The number of amides is 1. The van der Waals surface area contributed by atoms with Crippen LogP contribution in [0, 0.1) is 13.8 Å². The summed E-state index contributed by atoms with van der Waals surface area (Å²) in [5, 5.41) is 13.7. The van der Waals surface area contributed by atoms with Crippen LogP contribution < -0.4 is 5.32 Å². The molecular formula is C18H21NO3. The molecule has 0 saturated carbocycles. The van der Waals surface area contributed by atoms with E-state index in [2.05, 4.69) is 5.32 Å². The first-order valence-corrected chi connectivity index (χ1v) is 7.65. The van der Waals surface area contributed by atoms with E-state index in [4.69, 9.17) is 4.42 Å². The van der Waals surface area contributed by atoms with Gasteiger partial charge >= 0.3 is 0 Å².